The van der Waals surface area contributed by atoms with E-state index in [0.29, 0.717) is 16.1 Å². The van der Waals surface area contributed by atoms with Gasteiger partial charge in [-0.3, -0.25) is 0 Å². The Morgan fingerprint density at radius 2 is 2.15 bits per heavy atom. The molecule has 0 aliphatic carbocycles. The molecule has 1 atom stereocenters. The highest BCUT2D eigenvalue weighted by molar-refractivity contribution is 9.10. The number of aromatic nitrogens is 1. The van der Waals surface area contributed by atoms with E-state index < -0.39 is 0 Å². The molecule has 0 spiro atoms. The van der Waals surface area contributed by atoms with Crippen molar-refractivity contribution >= 4 is 15.9 Å². The lowest BCUT2D eigenvalue weighted by Crippen LogP contribution is -2.21. The van der Waals surface area contributed by atoms with E-state index in [1.807, 2.05) is 6.07 Å². The minimum absolute atomic E-state index is 0.141. The van der Waals surface area contributed by atoms with Crippen molar-refractivity contribution in [3.05, 3.63) is 52.4 Å². The second-order valence-corrected chi connectivity index (χ2v) is 5.50. The van der Waals surface area contributed by atoms with Gasteiger partial charge in [-0.05, 0) is 30.5 Å². The summed E-state index contributed by atoms with van der Waals surface area (Å²) in [6.07, 6.45) is 3.45. The molecule has 0 fully saturated rings. The van der Waals surface area contributed by atoms with Gasteiger partial charge in [0, 0.05) is 28.8 Å². The molecule has 0 saturated heterocycles. The van der Waals surface area contributed by atoms with E-state index >= 15 is 0 Å². The molecule has 0 amide bonds. The molecule has 0 saturated carbocycles. The van der Waals surface area contributed by atoms with Crippen molar-refractivity contribution in [2.45, 2.75) is 25.8 Å². The Kier molecular flexibility index (Phi) is 5.09. The van der Waals surface area contributed by atoms with E-state index in [1.54, 1.807) is 18.3 Å². The summed E-state index contributed by atoms with van der Waals surface area (Å²) in [4.78, 5) is 4.21. The fourth-order valence-electron chi connectivity index (χ4n) is 1.75. The molecule has 1 heterocycles. The summed E-state index contributed by atoms with van der Waals surface area (Å²) in [5, 5.41) is 0. The molecule has 2 rings (SSSR count). The van der Waals surface area contributed by atoms with Crippen molar-refractivity contribution in [2.24, 2.45) is 5.73 Å². The van der Waals surface area contributed by atoms with Crippen LogP contribution in [0.4, 0.5) is 4.39 Å². The molecule has 20 heavy (non-hydrogen) atoms. The topological polar surface area (TPSA) is 48.1 Å². The number of benzene rings is 1. The standard InChI is InChI=1S/C15H16BrFN2O/c1-2-13(18)5-10-3-4-15(19-9-10)20-14-7-11(16)6-12(17)8-14/h3-4,6-9,13H,2,5,18H2,1H3. The van der Waals surface area contributed by atoms with Crippen LogP contribution in [-0.4, -0.2) is 11.0 Å². The van der Waals surface area contributed by atoms with Gasteiger partial charge < -0.3 is 10.5 Å². The van der Waals surface area contributed by atoms with Gasteiger partial charge in [-0.2, -0.15) is 0 Å². The lowest BCUT2D eigenvalue weighted by atomic mass is 10.1. The molecule has 3 nitrogen and oxygen atoms in total. The van der Waals surface area contributed by atoms with Gasteiger partial charge in [-0.15, -0.1) is 0 Å². The molecule has 1 aromatic heterocycles. The van der Waals surface area contributed by atoms with Gasteiger partial charge in [0.05, 0.1) is 0 Å². The summed E-state index contributed by atoms with van der Waals surface area (Å²) < 4.78 is 19.4. The first-order valence-electron chi connectivity index (χ1n) is 6.41. The number of hydrogen-bond donors (Lipinski definition) is 1. The van der Waals surface area contributed by atoms with Gasteiger partial charge >= 0.3 is 0 Å². The summed E-state index contributed by atoms with van der Waals surface area (Å²) >= 11 is 3.22. The van der Waals surface area contributed by atoms with Crippen LogP contribution < -0.4 is 10.5 Å². The number of halogens is 2. The molecule has 2 aromatic rings. The minimum Gasteiger partial charge on any atom is -0.439 e. The zero-order chi connectivity index (χ0) is 14.5. The SMILES string of the molecule is CCC(N)Cc1ccc(Oc2cc(F)cc(Br)c2)nc1. The van der Waals surface area contributed by atoms with Crippen LogP contribution in [0.3, 0.4) is 0 Å². The highest BCUT2D eigenvalue weighted by Gasteiger charge is 2.05. The Morgan fingerprint density at radius 1 is 1.35 bits per heavy atom. The van der Waals surface area contributed by atoms with Crippen LogP contribution in [0.5, 0.6) is 11.6 Å². The molecular formula is C15H16BrFN2O. The van der Waals surface area contributed by atoms with Crippen LogP contribution in [-0.2, 0) is 6.42 Å². The Morgan fingerprint density at radius 3 is 2.75 bits per heavy atom. The highest BCUT2D eigenvalue weighted by Crippen LogP contribution is 2.24. The van der Waals surface area contributed by atoms with Gasteiger partial charge in [-0.1, -0.05) is 28.9 Å². The first-order valence-corrected chi connectivity index (χ1v) is 7.20. The van der Waals surface area contributed by atoms with Gasteiger partial charge in [0.15, 0.2) is 0 Å². The third kappa shape index (κ3) is 4.28. The zero-order valence-electron chi connectivity index (χ0n) is 11.1. The normalized spacial score (nSPS) is 12.2. The number of nitrogens with zero attached hydrogens (tertiary/aromatic N) is 1. The summed E-state index contributed by atoms with van der Waals surface area (Å²) in [7, 11) is 0. The van der Waals surface area contributed by atoms with Crippen molar-refractivity contribution < 1.29 is 9.13 Å². The molecule has 0 aliphatic rings. The van der Waals surface area contributed by atoms with E-state index in [1.165, 1.54) is 12.1 Å². The van der Waals surface area contributed by atoms with Gasteiger partial charge in [-0.25, -0.2) is 9.37 Å². The number of ether oxygens (including phenoxy) is 1. The molecule has 5 heteroatoms. The second kappa shape index (κ2) is 6.81. The molecule has 0 bridgehead atoms. The predicted molar refractivity (Wildman–Crippen MR) is 80.4 cm³/mol. The van der Waals surface area contributed by atoms with E-state index in [2.05, 4.69) is 27.8 Å². The summed E-state index contributed by atoms with van der Waals surface area (Å²) in [6, 6.07) is 8.19. The van der Waals surface area contributed by atoms with E-state index in [4.69, 9.17) is 10.5 Å². The quantitative estimate of drug-likeness (QED) is 0.894. The molecule has 106 valence electrons. The number of hydrogen-bond acceptors (Lipinski definition) is 3. The maximum Gasteiger partial charge on any atom is 0.219 e. The Hall–Kier alpha value is -1.46. The average Bonchev–Trinajstić information content (AvgIpc) is 2.39. The van der Waals surface area contributed by atoms with Crippen molar-refractivity contribution in [1.82, 2.24) is 4.98 Å². The van der Waals surface area contributed by atoms with Gasteiger partial charge in [0.2, 0.25) is 5.88 Å². The Labute approximate surface area is 126 Å². The van der Waals surface area contributed by atoms with Crippen LogP contribution in [0, 0.1) is 5.82 Å². The number of rotatable bonds is 5. The predicted octanol–water partition coefficient (Wildman–Crippen LogP) is 4.06. The van der Waals surface area contributed by atoms with E-state index in [0.717, 1.165) is 18.4 Å². The van der Waals surface area contributed by atoms with Crippen molar-refractivity contribution in [2.75, 3.05) is 0 Å². The zero-order valence-corrected chi connectivity index (χ0v) is 12.7. The Balaban J connectivity index is 2.06. The van der Waals surface area contributed by atoms with Gasteiger partial charge in [0.25, 0.3) is 0 Å². The molecular weight excluding hydrogens is 323 g/mol. The van der Waals surface area contributed by atoms with Crippen LogP contribution in [0.15, 0.2) is 41.0 Å². The van der Waals surface area contributed by atoms with Crippen LogP contribution in [0.2, 0.25) is 0 Å². The van der Waals surface area contributed by atoms with Gasteiger partial charge in [0.1, 0.15) is 11.6 Å². The fourth-order valence-corrected chi connectivity index (χ4v) is 2.19. The fraction of sp³-hybridized carbons (Fsp3) is 0.267. The second-order valence-electron chi connectivity index (χ2n) is 4.58. The molecule has 0 aliphatic heterocycles. The highest BCUT2D eigenvalue weighted by atomic mass is 79.9. The molecule has 1 aromatic carbocycles. The summed E-state index contributed by atoms with van der Waals surface area (Å²) in [5.41, 5.74) is 6.96. The lowest BCUT2D eigenvalue weighted by molar-refractivity contribution is 0.457. The van der Waals surface area contributed by atoms with E-state index in [9.17, 15) is 4.39 Å². The number of pyridine rings is 1. The third-order valence-electron chi connectivity index (χ3n) is 2.88. The summed E-state index contributed by atoms with van der Waals surface area (Å²) in [6.45, 7) is 2.05. The molecule has 0 radical (unpaired) electrons. The summed E-state index contributed by atoms with van der Waals surface area (Å²) in [5.74, 6) is 0.471. The maximum absolute atomic E-state index is 13.2. The lowest BCUT2D eigenvalue weighted by Gasteiger charge is -2.09. The smallest absolute Gasteiger partial charge is 0.219 e. The van der Waals surface area contributed by atoms with Crippen molar-refractivity contribution in [1.29, 1.82) is 0 Å². The van der Waals surface area contributed by atoms with Crippen molar-refractivity contribution in [3.63, 3.8) is 0 Å². The third-order valence-corrected chi connectivity index (χ3v) is 3.34. The van der Waals surface area contributed by atoms with Crippen LogP contribution >= 0.6 is 15.9 Å². The average molecular weight is 339 g/mol. The van der Waals surface area contributed by atoms with Crippen LogP contribution in [0.1, 0.15) is 18.9 Å². The molecule has 2 N–H and O–H groups in total. The maximum atomic E-state index is 13.2. The minimum atomic E-state index is -0.361. The molecule has 1 unspecified atom stereocenters. The van der Waals surface area contributed by atoms with Crippen molar-refractivity contribution in [3.8, 4) is 11.6 Å². The van der Waals surface area contributed by atoms with Crippen LogP contribution in [0.25, 0.3) is 0 Å². The Bertz CT molecular complexity index is 554. The largest absolute Gasteiger partial charge is 0.439 e. The first-order chi connectivity index (χ1) is 9.56. The number of nitrogens with two attached hydrogens (primary N) is 1. The monoisotopic (exact) mass is 338 g/mol. The first kappa shape index (κ1) is 14.9. The van der Waals surface area contributed by atoms with E-state index in [-0.39, 0.29) is 11.9 Å².